The number of benzene rings is 1. The molecule has 0 aliphatic carbocycles. The summed E-state index contributed by atoms with van der Waals surface area (Å²) in [6.07, 6.45) is 4.31. The number of nitrogens with one attached hydrogen (secondary N) is 1. The fourth-order valence-electron chi connectivity index (χ4n) is 2.47. The van der Waals surface area contributed by atoms with Gasteiger partial charge in [0.25, 0.3) is 0 Å². The van der Waals surface area contributed by atoms with E-state index < -0.39 is 10.0 Å². The largest absolute Gasteiger partial charge is 0.331 e. The Morgan fingerprint density at radius 1 is 1.31 bits per heavy atom. The van der Waals surface area contributed by atoms with Gasteiger partial charge >= 0.3 is 0 Å². The molecule has 3 rings (SSSR count). The number of thiazole rings is 1. The molecule has 26 heavy (non-hydrogen) atoms. The second-order valence-corrected chi connectivity index (χ2v) is 8.91. The highest BCUT2D eigenvalue weighted by molar-refractivity contribution is 7.89. The summed E-state index contributed by atoms with van der Waals surface area (Å²) in [6, 6.07) is 4.88. The van der Waals surface area contributed by atoms with Crippen molar-refractivity contribution in [3.8, 4) is 0 Å². The van der Waals surface area contributed by atoms with E-state index in [1.807, 2.05) is 4.57 Å². The van der Waals surface area contributed by atoms with E-state index in [2.05, 4.69) is 15.3 Å². The van der Waals surface area contributed by atoms with E-state index in [0.29, 0.717) is 30.0 Å². The average molecular weight is 393 g/mol. The summed E-state index contributed by atoms with van der Waals surface area (Å²) in [7, 11) is -0.496. The number of nitrogens with zero attached hydrogens (tertiary/aromatic N) is 4. The summed E-state index contributed by atoms with van der Waals surface area (Å²) < 4.78 is 27.5. The zero-order valence-electron chi connectivity index (χ0n) is 14.4. The van der Waals surface area contributed by atoms with Gasteiger partial charge in [0.2, 0.25) is 15.9 Å². The van der Waals surface area contributed by atoms with Gasteiger partial charge in [-0.25, -0.2) is 22.7 Å². The number of aromatic nitrogens is 3. The Labute approximate surface area is 155 Å². The fraction of sp³-hybridized carbons (Fsp3) is 0.312. The highest BCUT2D eigenvalue weighted by atomic mass is 32.2. The summed E-state index contributed by atoms with van der Waals surface area (Å²) in [5, 5.41) is 5.14. The van der Waals surface area contributed by atoms with Crippen LogP contribution < -0.4 is 5.32 Å². The van der Waals surface area contributed by atoms with Crippen LogP contribution >= 0.6 is 11.3 Å². The molecule has 0 saturated heterocycles. The Kier molecular flexibility index (Phi) is 5.35. The van der Waals surface area contributed by atoms with Crippen LogP contribution in [0, 0.1) is 0 Å². The van der Waals surface area contributed by atoms with Crippen molar-refractivity contribution in [1.82, 2.24) is 18.8 Å². The summed E-state index contributed by atoms with van der Waals surface area (Å²) in [5.41, 5.74) is 1.45. The number of carbonyl (C=O) groups excluding carboxylic acids is 1. The quantitative estimate of drug-likeness (QED) is 0.663. The molecule has 3 aromatic rings. The number of sulfonamides is 1. The molecular weight excluding hydrogens is 374 g/mol. The van der Waals surface area contributed by atoms with Crippen molar-refractivity contribution in [3.63, 3.8) is 0 Å². The van der Waals surface area contributed by atoms with Gasteiger partial charge in [-0.3, -0.25) is 4.79 Å². The van der Waals surface area contributed by atoms with E-state index in [0.717, 1.165) is 5.52 Å². The summed E-state index contributed by atoms with van der Waals surface area (Å²) in [5.74, 6) is -0.0799. The van der Waals surface area contributed by atoms with Gasteiger partial charge in [0.05, 0.1) is 22.3 Å². The molecule has 0 aliphatic heterocycles. The highest BCUT2D eigenvalue weighted by Gasteiger charge is 2.18. The van der Waals surface area contributed by atoms with Crippen LogP contribution in [0.15, 0.2) is 41.0 Å². The lowest BCUT2D eigenvalue weighted by Gasteiger charge is -2.11. The number of anilines is 1. The van der Waals surface area contributed by atoms with Gasteiger partial charge in [0.15, 0.2) is 5.13 Å². The number of amides is 1. The molecule has 10 heteroatoms. The minimum absolute atomic E-state index is 0.0799. The molecule has 0 bridgehead atoms. The molecule has 138 valence electrons. The van der Waals surface area contributed by atoms with Gasteiger partial charge in [-0.05, 0) is 24.6 Å². The van der Waals surface area contributed by atoms with Crippen LogP contribution in [0.4, 0.5) is 5.13 Å². The molecule has 1 N–H and O–H groups in total. The van der Waals surface area contributed by atoms with Crippen LogP contribution in [0.2, 0.25) is 0 Å². The lowest BCUT2D eigenvalue weighted by atomic mass is 10.2. The second-order valence-electron chi connectivity index (χ2n) is 5.86. The van der Waals surface area contributed by atoms with Crippen molar-refractivity contribution in [2.24, 2.45) is 0 Å². The van der Waals surface area contributed by atoms with Gasteiger partial charge in [-0.1, -0.05) is 0 Å². The van der Waals surface area contributed by atoms with Gasteiger partial charge in [-0.15, -0.1) is 11.3 Å². The maximum atomic E-state index is 12.2. The SMILES string of the molecule is CN(C)S(=O)(=O)c1ccc2c(c1)ncn2CCCC(=O)Nc1nccs1. The molecule has 0 unspecified atom stereocenters. The first-order valence-corrected chi connectivity index (χ1v) is 10.3. The van der Waals surface area contributed by atoms with Crippen molar-refractivity contribution >= 4 is 43.4 Å². The Hall–Kier alpha value is -2.30. The molecule has 0 fully saturated rings. The number of hydrogen-bond acceptors (Lipinski definition) is 6. The number of rotatable bonds is 7. The molecule has 0 aliphatic rings. The minimum Gasteiger partial charge on any atom is -0.331 e. The van der Waals surface area contributed by atoms with E-state index in [1.54, 1.807) is 36.1 Å². The predicted molar refractivity (Wildman–Crippen MR) is 101 cm³/mol. The third-order valence-electron chi connectivity index (χ3n) is 3.85. The minimum atomic E-state index is -3.49. The van der Waals surface area contributed by atoms with Crippen LogP contribution in [-0.2, 0) is 21.4 Å². The Morgan fingerprint density at radius 3 is 2.81 bits per heavy atom. The lowest BCUT2D eigenvalue weighted by molar-refractivity contribution is -0.116. The van der Waals surface area contributed by atoms with Gasteiger partial charge < -0.3 is 9.88 Å². The number of aryl methyl sites for hydroxylation is 1. The van der Waals surface area contributed by atoms with E-state index in [9.17, 15) is 13.2 Å². The number of carbonyl (C=O) groups is 1. The molecular formula is C16H19N5O3S2. The zero-order chi connectivity index (χ0) is 18.7. The van der Waals surface area contributed by atoms with Crippen molar-refractivity contribution in [3.05, 3.63) is 36.1 Å². The smallest absolute Gasteiger partial charge is 0.242 e. The second kappa shape index (κ2) is 7.52. The van der Waals surface area contributed by atoms with Crippen LogP contribution in [0.3, 0.4) is 0 Å². The maximum Gasteiger partial charge on any atom is 0.242 e. The van der Waals surface area contributed by atoms with Crippen LogP contribution in [0.25, 0.3) is 11.0 Å². The van der Waals surface area contributed by atoms with Crippen molar-refractivity contribution in [2.45, 2.75) is 24.3 Å². The normalized spacial score (nSPS) is 12.0. The Balaban J connectivity index is 1.65. The summed E-state index contributed by atoms with van der Waals surface area (Å²) >= 11 is 1.38. The van der Waals surface area contributed by atoms with Crippen LogP contribution in [0.1, 0.15) is 12.8 Å². The molecule has 0 radical (unpaired) electrons. The third-order valence-corrected chi connectivity index (χ3v) is 6.35. The fourth-order valence-corrected chi connectivity index (χ4v) is 3.94. The van der Waals surface area contributed by atoms with Gasteiger partial charge in [0, 0.05) is 38.6 Å². The maximum absolute atomic E-state index is 12.2. The molecule has 1 amide bonds. The van der Waals surface area contributed by atoms with E-state index >= 15 is 0 Å². The summed E-state index contributed by atoms with van der Waals surface area (Å²) in [4.78, 5) is 20.4. The van der Waals surface area contributed by atoms with Gasteiger partial charge in [0.1, 0.15) is 0 Å². The van der Waals surface area contributed by atoms with Crippen molar-refractivity contribution < 1.29 is 13.2 Å². The zero-order valence-corrected chi connectivity index (χ0v) is 16.0. The third kappa shape index (κ3) is 3.92. The molecule has 1 aromatic carbocycles. The van der Waals surface area contributed by atoms with Crippen molar-refractivity contribution in [2.75, 3.05) is 19.4 Å². The topological polar surface area (TPSA) is 97.2 Å². The van der Waals surface area contributed by atoms with E-state index in [4.69, 9.17) is 0 Å². The number of hydrogen-bond donors (Lipinski definition) is 1. The van der Waals surface area contributed by atoms with E-state index in [1.165, 1.54) is 29.7 Å². The first-order chi connectivity index (χ1) is 12.4. The molecule has 0 atom stereocenters. The number of imidazole rings is 1. The Bertz CT molecular complexity index is 1010. The predicted octanol–water partition coefficient (Wildman–Crippen LogP) is 2.16. The molecule has 0 saturated carbocycles. The monoisotopic (exact) mass is 393 g/mol. The average Bonchev–Trinajstić information content (AvgIpc) is 3.24. The number of fused-ring (bicyclic) bond motifs is 1. The lowest BCUT2D eigenvalue weighted by Crippen LogP contribution is -2.22. The van der Waals surface area contributed by atoms with Crippen LogP contribution in [-0.4, -0.2) is 47.3 Å². The molecule has 8 nitrogen and oxygen atoms in total. The first-order valence-electron chi connectivity index (χ1n) is 7.94. The van der Waals surface area contributed by atoms with Crippen molar-refractivity contribution in [1.29, 1.82) is 0 Å². The van der Waals surface area contributed by atoms with Gasteiger partial charge in [-0.2, -0.15) is 0 Å². The molecule has 2 heterocycles. The molecule has 2 aromatic heterocycles. The first kappa shape index (κ1) is 18.5. The standard InChI is InChI=1S/C16H19N5O3S2/c1-20(2)26(23,24)12-5-6-14-13(10-12)18-11-21(14)8-3-4-15(22)19-16-17-7-9-25-16/h5-7,9-11H,3-4,8H2,1-2H3,(H,17,19,22). The van der Waals surface area contributed by atoms with Crippen LogP contribution in [0.5, 0.6) is 0 Å². The Morgan fingerprint density at radius 2 is 2.12 bits per heavy atom. The summed E-state index contributed by atoms with van der Waals surface area (Å²) in [6.45, 7) is 0.613. The van der Waals surface area contributed by atoms with E-state index in [-0.39, 0.29) is 10.8 Å². The molecule has 0 spiro atoms. The highest BCUT2D eigenvalue weighted by Crippen LogP contribution is 2.20.